The molecule has 0 saturated carbocycles. The van der Waals surface area contributed by atoms with Gasteiger partial charge < -0.3 is 10.1 Å². The molecule has 2 unspecified atom stereocenters. The fourth-order valence-corrected chi connectivity index (χ4v) is 3.19. The summed E-state index contributed by atoms with van der Waals surface area (Å²) >= 11 is 0. The first-order valence-corrected chi connectivity index (χ1v) is 8.31. The number of hydrogen-bond acceptors (Lipinski definition) is 6. The number of carbonyl (C=O) groups excluding carboxylic acids is 2. The lowest BCUT2D eigenvalue weighted by molar-refractivity contribution is -0.162. The zero-order valence-corrected chi connectivity index (χ0v) is 14.7. The highest BCUT2D eigenvalue weighted by Gasteiger charge is 2.47. The molecule has 0 aliphatic carbocycles. The van der Waals surface area contributed by atoms with Crippen molar-refractivity contribution >= 4 is 17.6 Å². The number of hydrogen-bond donors (Lipinski definition) is 1. The van der Waals surface area contributed by atoms with Gasteiger partial charge in [0.05, 0.1) is 18.3 Å². The Bertz CT molecular complexity index is 735. The van der Waals surface area contributed by atoms with Gasteiger partial charge in [-0.3, -0.25) is 19.4 Å². The van der Waals surface area contributed by atoms with Crippen LogP contribution in [0.3, 0.4) is 0 Å². The number of benzene rings is 1. The van der Waals surface area contributed by atoms with Gasteiger partial charge in [0.25, 0.3) is 0 Å². The normalized spacial score (nSPS) is 23.9. The van der Waals surface area contributed by atoms with Crippen molar-refractivity contribution in [3.05, 3.63) is 29.8 Å². The van der Waals surface area contributed by atoms with Gasteiger partial charge in [-0.25, -0.2) is 0 Å². The van der Waals surface area contributed by atoms with Crippen LogP contribution in [0, 0.1) is 11.3 Å². The van der Waals surface area contributed by atoms with Crippen LogP contribution in [-0.2, 0) is 14.3 Å². The Morgan fingerprint density at radius 2 is 2.12 bits per heavy atom. The van der Waals surface area contributed by atoms with E-state index in [1.165, 1.54) is 0 Å². The monoisotopic (exact) mass is 342 g/mol. The Kier molecular flexibility index (Phi) is 4.50. The summed E-state index contributed by atoms with van der Waals surface area (Å²) in [4.78, 5) is 28.8. The van der Waals surface area contributed by atoms with Gasteiger partial charge >= 0.3 is 5.97 Å². The first-order valence-electron chi connectivity index (χ1n) is 8.31. The highest BCUT2D eigenvalue weighted by Crippen LogP contribution is 2.27. The van der Waals surface area contributed by atoms with Gasteiger partial charge in [0.15, 0.2) is 0 Å². The highest BCUT2D eigenvalue weighted by atomic mass is 16.6. The SMILES string of the molecule is CC(C)(C)OC(=O)C1CNCC2C(=O)N(c3cccc(C#N)c3)CN12. The largest absolute Gasteiger partial charge is 0.459 e. The smallest absolute Gasteiger partial charge is 0.325 e. The molecule has 1 N–H and O–H groups in total. The molecule has 25 heavy (non-hydrogen) atoms. The molecule has 2 atom stereocenters. The van der Waals surface area contributed by atoms with Crippen molar-refractivity contribution < 1.29 is 14.3 Å². The van der Waals surface area contributed by atoms with Gasteiger partial charge in [0.1, 0.15) is 17.7 Å². The fraction of sp³-hybridized carbons (Fsp3) is 0.500. The molecule has 0 spiro atoms. The van der Waals surface area contributed by atoms with E-state index in [1.807, 2.05) is 25.7 Å². The maximum Gasteiger partial charge on any atom is 0.325 e. The molecule has 7 nitrogen and oxygen atoms in total. The molecule has 0 aromatic heterocycles. The van der Waals surface area contributed by atoms with Crippen LogP contribution in [0.2, 0.25) is 0 Å². The summed E-state index contributed by atoms with van der Waals surface area (Å²) < 4.78 is 5.50. The van der Waals surface area contributed by atoms with Gasteiger partial charge in [-0.2, -0.15) is 5.26 Å². The fourth-order valence-electron chi connectivity index (χ4n) is 3.19. The van der Waals surface area contributed by atoms with Crippen LogP contribution >= 0.6 is 0 Å². The number of nitrogens with one attached hydrogen (secondary N) is 1. The molecule has 0 radical (unpaired) electrons. The number of amides is 1. The van der Waals surface area contributed by atoms with E-state index in [-0.39, 0.29) is 11.9 Å². The molecule has 2 saturated heterocycles. The van der Waals surface area contributed by atoms with E-state index in [0.29, 0.717) is 31.0 Å². The third kappa shape index (κ3) is 3.50. The minimum absolute atomic E-state index is 0.0733. The molecule has 1 amide bonds. The second-order valence-electron chi connectivity index (χ2n) is 7.31. The first kappa shape index (κ1) is 17.4. The maximum atomic E-state index is 12.8. The lowest BCUT2D eigenvalue weighted by atomic mass is 10.1. The first-order chi connectivity index (χ1) is 11.8. The summed E-state index contributed by atoms with van der Waals surface area (Å²) in [5.41, 5.74) is 0.590. The van der Waals surface area contributed by atoms with Gasteiger partial charge in [0.2, 0.25) is 5.91 Å². The number of carbonyl (C=O) groups is 2. The van der Waals surface area contributed by atoms with Crippen LogP contribution in [0.1, 0.15) is 26.3 Å². The minimum atomic E-state index is -0.575. The van der Waals surface area contributed by atoms with Crippen LogP contribution in [0.5, 0.6) is 0 Å². The summed E-state index contributed by atoms with van der Waals surface area (Å²) in [6.45, 7) is 6.73. The maximum absolute atomic E-state index is 12.8. The summed E-state index contributed by atoms with van der Waals surface area (Å²) in [7, 11) is 0. The lowest BCUT2D eigenvalue weighted by Crippen LogP contribution is -2.60. The van der Waals surface area contributed by atoms with Crippen molar-refractivity contribution in [3.8, 4) is 6.07 Å². The third-order valence-corrected chi connectivity index (χ3v) is 4.30. The quantitative estimate of drug-likeness (QED) is 0.802. The summed E-state index contributed by atoms with van der Waals surface area (Å²) in [6, 6.07) is 8.10. The van der Waals surface area contributed by atoms with Crippen molar-refractivity contribution in [2.75, 3.05) is 24.7 Å². The summed E-state index contributed by atoms with van der Waals surface area (Å²) in [5.74, 6) is -0.402. The van der Waals surface area contributed by atoms with Gasteiger partial charge in [-0.15, -0.1) is 0 Å². The molecular weight excluding hydrogens is 320 g/mol. The Labute approximate surface area is 147 Å². The lowest BCUT2D eigenvalue weighted by Gasteiger charge is -2.35. The van der Waals surface area contributed by atoms with E-state index in [9.17, 15) is 9.59 Å². The van der Waals surface area contributed by atoms with E-state index >= 15 is 0 Å². The van der Waals surface area contributed by atoms with Crippen molar-refractivity contribution in [2.24, 2.45) is 0 Å². The Balaban J connectivity index is 1.83. The number of piperazine rings is 1. The number of fused-ring (bicyclic) bond motifs is 1. The standard InChI is InChI=1S/C18H22N4O3/c1-18(2,3)25-17(24)15-10-20-9-14-16(23)21(11-22(14)15)13-6-4-5-12(7-13)8-19/h4-7,14-15,20H,9-11H2,1-3H3. The molecule has 7 heteroatoms. The number of ether oxygens (including phenoxy) is 1. The van der Waals surface area contributed by atoms with Gasteiger partial charge in [-0.05, 0) is 39.0 Å². The molecule has 3 rings (SSSR count). The van der Waals surface area contributed by atoms with Gasteiger partial charge in [-0.1, -0.05) is 6.07 Å². The Hall–Kier alpha value is -2.43. The van der Waals surface area contributed by atoms with Crippen LogP contribution in [0.25, 0.3) is 0 Å². The van der Waals surface area contributed by atoms with E-state index < -0.39 is 17.7 Å². The van der Waals surface area contributed by atoms with Crippen molar-refractivity contribution in [2.45, 2.75) is 38.5 Å². The van der Waals surface area contributed by atoms with E-state index in [4.69, 9.17) is 10.00 Å². The summed E-state index contributed by atoms with van der Waals surface area (Å²) in [6.07, 6.45) is 0. The minimum Gasteiger partial charge on any atom is -0.459 e. The topological polar surface area (TPSA) is 85.7 Å². The molecule has 2 fully saturated rings. The van der Waals surface area contributed by atoms with Crippen LogP contribution in [0.15, 0.2) is 24.3 Å². The van der Waals surface area contributed by atoms with E-state index in [0.717, 1.165) is 0 Å². The molecule has 1 aromatic carbocycles. The van der Waals surface area contributed by atoms with Crippen LogP contribution in [-0.4, -0.2) is 54.2 Å². The number of esters is 1. The van der Waals surface area contributed by atoms with Crippen molar-refractivity contribution in [1.82, 2.24) is 10.2 Å². The van der Waals surface area contributed by atoms with Gasteiger partial charge in [0, 0.05) is 18.8 Å². The predicted octanol–water partition coefficient (Wildman–Crippen LogP) is 0.846. The second-order valence-corrected chi connectivity index (χ2v) is 7.31. The molecule has 132 valence electrons. The van der Waals surface area contributed by atoms with Crippen molar-refractivity contribution in [1.29, 1.82) is 5.26 Å². The molecular formula is C18H22N4O3. The number of rotatable bonds is 2. The second kappa shape index (κ2) is 6.47. The Morgan fingerprint density at radius 1 is 1.36 bits per heavy atom. The number of nitrogens with zero attached hydrogens (tertiary/aromatic N) is 3. The number of anilines is 1. The zero-order chi connectivity index (χ0) is 18.2. The predicted molar refractivity (Wildman–Crippen MR) is 91.6 cm³/mol. The average molecular weight is 342 g/mol. The highest BCUT2D eigenvalue weighted by molar-refractivity contribution is 6.00. The number of nitriles is 1. The average Bonchev–Trinajstić information content (AvgIpc) is 2.90. The van der Waals surface area contributed by atoms with Crippen molar-refractivity contribution in [3.63, 3.8) is 0 Å². The molecule has 0 bridgehead atoms. The third-order valence-electron chi connectivity index (χ3n) is 4.30. The van der Waals surface area contributed by atoms with Crippen LogP contribution < -0.4 is 10.2 Å². The van der Waals surface area contributed by atoms with Crippen LogP contribution in [0.4, 0.5) is 5.69 Å². The Morgan fingerprint density at radius 3 is 2.80 bits per heavy atom. The zero-order valence-electron chi connectivity index (χ0n) is 14.7. The molecule has 1 aromatic rings. The molecule has 2 heterocycles. The summed E-state index contributed by atoms with van der Waals surface area (Å²) in [5, 5.41) is 12.2. The molecule has 2 aliphatic heterocycles. The molecule has 2 aliphatic rings. The van der Waals surface area contributed by atoms with E-state index in [1.54, 1.807) is 29.2 Å². The van der Waals surface area contributed by atoms with E-state index in [2.05, 4.69) is 11.4 Å².